The number of rotatable bonds is 7. The smallest absolute Gasteiger partial charge is 0.164 e. The molecule has 1 aromatic carbocycles. The molecule has 4 heterocycles. The lowest BCUT2D eigenvalue weighted by Crippen LogP contribution is -2.36. The first-order valence-electron chi connectivity index (χ1n) is 11.8. The second kappa shape index (κ2) is 8.74. The van der Waals surface area contributed by atoms with Gasteiger partial charge in [-0.15, -0.1) is 0 Å². The van der Waals surface area contributed by atoms with Crippen LogP contribution in [0.4, 0.5) is 0 Å². The molecule has 4 aromatic heterocycles. The number of nitrogens with zero attached hydrogens (tertiary/aromatic N) is 7. The van der Waals surface area contributed by atoms with E-state index in [9.17, 15) is 0 Å². The van der Waals surface area contributed by atoms with Crippen molar-refractivity contribution in [2.24, 2.45) is 7.05 Å². The van der Waals surface area contributed by atoms with Gasteiger partial charge < -0.3 is 5.32 Å². The number of aryl methyl sites for hydroxylation is 2. The third kappa shape index (κ3) is 4.35. The number of aromatic nitrogens is 8. The summed E-state index contributed by atoms with van der Waals surface area (Å²) in [6.45, 7) is 11.4. The molecule has 9 heteroatoms. The van der Waals surface area contributed by atoms with Gasteiger partial charge in [0.2, 0.25) is 0 Å². The van der Waals surface area contributed by atoms with Crippen LogP contribution >= 0.6 is 0 Å². The van der Waals surface area contributed by atoms with Gasteiger partial charge >= 0.3 is 0 Å². The fourth-order valence-corrected chi connectivity index (χ4v) is 4.50. The number of fused-ring (bicyclic) bond motifs is 1. The third-order valence-electron chi connectivity index (χ3n) is 6.44. The first-order chi connectivity index (χ1) is 16.7. The summed E-state index contributed by atoms with van der Waals surface area (Å²) in [5, 5.41) is 20.3. The van der Waals surface area contributed by atoms with E-state index in [1.807, 2.05) is 17.8 Å². The Labute approximate surface area is 204 Å². The fourth-order valence-electron chi connectivity index (χ4n) is 4.50. The molecule has 0 unspecified atom stereocenters. The lowest BCUT2D eigenvalue weighted by molar-refractivity contribution is 0.395. The number of hydrogen-bond acceptors (Lipinski definition) is 6. The van der Waals surface area contributed by atoms with Crippen LogP contribution in [0, 0.1) is 6.92 Å². The Hall–Kier alpha value is -3.85. The minimum atomic E-state index is -0.236. The molecule has 0 atom stereocenters. The molecule has 2 N–H and O–H groups in total. The summed E-state index contributed by atoms with van der Waals surface area (Å²) in [5.41, 5.74) is 8.21. The van der Waals surface area contributed by atoms with Crippen LogP contribution in [-0.4, -0.2) is 39.6 Å². The molecule has 0 radical (unpaired) electrons. The number of nitrogens with one attached hydrogen (secondary N) is 2. The van der Waals surface area contributed by atoms with Gasteiger partial charge in [0.25, 0.3) is 0 Å². The largest absolute Gasteiger partial charge is 0.301 e. The van der Waals surface area contributed by atoms with E-state index < -0.39 is 0 Å². The second-order valence-electron chi connectivity index (χ2n) is 9.85. The van der Waals surface area contributed by atoms with Gasteiger partial charge in [0, 0.05) is 35.5 Å². The Kier molecular flexibility index (Phi) is 5.72. The number of aromatic amines is 1. The van der Waals surface area contributed by atoms with Crippen molar-refractivity contribution in [2.45, 2.75) is 52.6 Å². The molecular weight excluding hydrogens is 438 g/mol. The topological polar surface area (TPSA) is 102 Å². The molecule has 9 nitrogen and oxygen atoms in total. The number of pyridine rings is 1. The number of H-pyrrole nitrogens is 1. The van der Waals surface area contributed by atoms with Gasteiger partial charge in [0.05, 0.1) is 17.9 Å². The van der Waals surface area contributed by atoms with Crippen molar-refractivity contribution in [3.8, 4) is 22.5 Å². The van der Waals surface area contributed by atoms with Gasteiger partial charge in [-0.2, -0.15) is 15.3 Å². The van der Waals surface area contributed by atoms with Crippen LogP contribution in [0.2, 0.25) is 0 Å². The molecule has 5 rings (SSSR count). The van der Waals surface area contributed by atoms with Gasteiger partial charge in [-0.1, -0.05) is 38.1 Å². The Morgan fingerprint density at radius 3 is 2.54 bits per heavy atom. The maximum absolute atomic E-state index is 4.75. The Morgan fingerprint density at radius 2 is 1.86 bits per heavy atom. The summed E-state index contributed by atoms with van der Waals surface area (Å²) in [7, 11) is 1.88. The Bertz CT molecular complexity index is 1470. The molecule has 5 aromatic rings. The zero-order valence-corrected chi connectivity index (χ0v) is 21.0. The minimum absolute atomic E-state index is 0.236. The van der Waals surface area contributed by atoms with E-state index in [1.165, 1.54) is 11.1 Å². The predicted molar refractivity (Wildman–Crippen MR) is 136 cm³/mol. The predicted octanol–water partition coefficient (Wildman–Crippen LogP) is 4.37. The molecule has 0 fully saturated rings. The average Bonchev–Trinajstić information content (AvgIpc) is 3.57. The van der Waals surface area contributed by atoms with Crippen molar-refractivity contribution in [1.29, 1.82) is 0 Å². The molecule has 35 heavy (non-hydrogen) atoms. The molecule has 0 aliphatic rings. The summed E-state index contributed by atoms with van der Waals surface area (Å²) >= 11 is 0. The van der Waals surface area contributed by atoms with Crippen molar-refractivity contribution in [3.05, 3.63) is 71.7 Å². The van der Waals surface area contributed by atoms with Crippen molar-refractivity contribution in [2.75, 3.05) is 0 Å². The van der Waals surface area contributed by atoms with E-state index in [-0.39, 0.29) is 11.5 Å². The van der Waals surface area contributed by atoms with Crippen LogP contribution < -0.4 is 5.32 Å². The first-order valence-corrected chi connectivity index (χ1v) is 11.8. The molecule has 0 saturated heterocycles. The van der Waals surface area contributed by atoms with Crippen LogP contribution in [0.15, 0.2) is 49.2 Å². The first kappa shape index (κ1) is 22.9. The van der Waals surface area contributed by atoms with Gasteiger partial charge in [-0.05, 0) is 43.9 Å². The molecule has 0 aliphatic carbocycles. The summed E-state index contributed by atoms with van der Waals surface area (Å²) in [6.07, 6.45) is 5.31. The van der Waals surface area contributed by atoms with Gasteiger partial charge in [0.15, 0.2) is 11.5 Å². The Balaban J connectivity index is 1.44. The SMILES string of the molecule is Cc1cc(-c2[nH]nc(-c3ccc(C(C)(C)NCc4ncn(C)n4)cc3)c2C(C)C)cn2ncnc12. The van der Waals surface area contributed by atoms with E-state index in [2.05, 4.69) is 95.5 Å². The van der Waals surface area contributed by atoms with Crippen molar-refractivity contribution in [3.63, 3.8) is 0 Å². The monoisotopic (exact) mass is 469 g/mol. The van der Waals surface area contributed by atoms with Crippen molar-refractivity contribution < 1.29 is 0 Å². The van der Waals surface area contributed by atoms with Crippen LogP contribution in [0.3, 0.4) is 0 Å². The van der Waals surface area contributed by atoms with Crippen LogP contribution in [-0.2, 0) is 19.1 Å². The van der Waals surface area contributed by atoms with Crippen LogP contribution in [0.1, 0.15) is 56.1 Å². The highest BCUT2D eigenvalue weighted by molar-refractivity contribution is 5.76. The van der Waals surface area contributed by atoms with E-state index in [1.54, 1.807) is 17.3 Å². The Morgan fingerprint density at radius 1 is 1.09 bits per heavy atom. The molecule has 0 bridgehead atoms. The van der Waals surface area contributed by atoms with Crippen molar-refractivity contribution >= 4 is 5.65 Å². The maximum atomic E-state index is 4.75. The zero-order chi connectivity index (χ0) is 24.7. The number of benzene rings is 1. The zero-order valence-electron chi connectivity index (χ0n) is 21.0. The highest BCUT2D eigenvalue weighted by atomic mass is 15.3. The van der Waals surface area contributed by atoms with Gasteiger partial charge in [0.1, 0.15) is 12.7 Å². The standard InChI is InChI=1S/C26H31N9/c1-16(2)22-23(31-32-24(22)19-11-17(3)25-27-14-30-35(25)13-19)18-7-9-20(10-8-18)26(4,5)29-12-21-28-15-34(6)33-21/h7-11,13-16,29H,12H2,1-6H3,(H,31,32). The normalized spacial score (nSPS) is 12.2. The molecule has 0 spiro atoms. The summed E-state index contributed by atoms with van der Waals surface area (Å²) in [5.74, 6) is 1.07. The summed E-state index contributed by atoms with van der Waals surface area (Å²) in [4.78, 5) is 8.64. The second-order valence-corrected chi connectivity index (χ2v) is 9.85. The van der Waals surface area contributed by atoms with Crippen molar-refractivity contribution in [1.82, 2.24) is 44.9 Å². The highest BCUT2D eigenvalue weighted by Gasteiger charge is 2.23. The lowest BCUT2D eigenvalue weighted by atomic mass is 9.90. The van der Waals surface area contributed by atoms with Crippen LogP contribution in [0.25, 0.3) is 28.2 Å². The average molecular weight is 470 g/mol. The van der Waals surface area contributed by atoms with E-state index in [0.717, 1.165) is 39.5 Å². The molecule has 180 valence electrons. The molecule has 0 aliphatic heterocycles. The van der Waals surface area contributed by atoms with Gasteiger partial charge in [-0.25, -0.2) is 14.5 Å². The number of hydrogen-bond donors (Lipinski definition) is 2. The lowest BCUT2D eigenvalue weighted by Gasteiger charge is -2.26. The van der Waals surface area contributed by atoms with E-state index in [4.69, 9.17) is 5.10 Å². The van der Waals surface area contributed by atoms with Crippen LogP contribution in [0.5, 0.6) is 0 Å². The van der Waals surface area contributed by atoms with Gasteiger partial charge in [-0.3, -0.25) is 9.78 Å². The minimum Gasteiger partial charge on any atom is -0.301 e. The summed E-state index contributed by atoms with van der Waals surface area (Å²) < 4.78 is 3.54. The highest BCUT2D eigenvalue weighted by Crippen LogP contribution is 2.36. The molecule has 0 amide bonds. The van der Waals surface area contributed by atoms with E-state index >= 15 is 0 Å². The maximum Gasteiger partial charge on any atom is 0.164 e. The molecule has 0 saturated carbocycles. The third-order valence-corrected chi connectivity index (χ3v) is 6.44. The quantitative estimate of drug-likeness (QED) is 0.367. The fraction of sp³-hybridized carbons (Fsp3) is 0.346. The summed E-state index contributed by atoms with van der Waals surface area (Å²) in [6, 6.07) is 10.8. The molecular formula is C26H31N9. The van der Waals surface area contributed by atoms with E-state index in [0.29, 0.717) is 6.54 Å².